The second kappa shape index (κ2) is 7.86. The molecule has 1 aromatic rings. The molecule has 4 rings (SSSR count). The van der Waals surface area contributed by atoms with Gasteiger partial charge in [0.1, 0.15) is 11.3 Å². The average molecular weight is 373 g/mol. The summed E-state index contributed by atoms with van der Waals surface area (Å²) in [6.45, 7) is 3.95. The number of piperidine rings is 1. The molecule has 6 nitrogen and oxygen atoms in total. The number of hydrogen-bond acceptors (Lipinski definition) is 5. The monoisotopic (exact) mass is 373 g/mol. The van der Waals surface area contributed by atoms with Gasteiger partial charge in [0.25, 0.3) is 5.91 Å². The molecule has 3 atom stereocenters. The van der Waals surface area contributed by atoms with Crippen LogP contribution in [0.25, 0.3) is 0 Å². The van der Waals surface area contributed by atoms with E-state index in [0.717, 1.165) is 44.6 Å². The molecule has 2 bridgehead atoms. The Morgan fingerprint density at radius 2 is 2.07 bits per heavy atom. The molecule has 27 heavy (non-hydrogen) atoms. The van der Waals surface area contributed by atoms with Gasteiger partial charge in [-0.05, 0) is 49.8 Å². The number of nitrogens with zero attached hydrogens (tertiary/aromatic N) is 2. The standard InChI is InChI=1S/C21H31N3O3/c1-26-21(15-8-9-23-19(11-15)20(22)25)16-5-4-6-17(21)13-24(12-16)14-18-7-2-3-10-27-18/h8-9,11,16-18H,2-7,10,12-14H2,1H3,(H2,22,25)/t16?,17?,18-,21?/m1/s1. The van der Waals surface area contributed by atoms with Gasteiger partial charge in [-0.2, -0.15) is 0 Å². The Balaban J connectivity index is 1.58. The van der Waals surface area contributed by atoms with Gasteiger partial charge >= 0.3 is 0 Å². The van der Waals surface area contributed by atoms with Crippen molar-refractivity contribution in [1.82, 2.24) is 9.88 Å². The van der Waals surface area contributed by atoms with Gasteiger partial charge in [0.2, 0.25) is 0 Å². The first-order valence-corrected chi connectivity index (χ1v) is 10.3. The quantitative estimate of drug-likeness (QED) is 0.857. The maximum atomic E-state index is 11.6. The number of rotatable bonds is 5. The molecule has 0 spiro atoms. The number of methoxy groups -OCH3 is 1. The topological polar surface area (TPSA) is 77.7 Å². The van der Waals surface area contributed by atoms with Crippen LogP contribution in [0.2, 0.25) is 0 Å². The zero-order valence-corrected chi connectivity index (χ0v) is 16.2. The molecule has 3 aliphatic rings. The number of fused-ring (bicyclic) bond motifs is 2. The molecule has 6 heteroatoms. The first kappa shape index (κ1) is 18.8. The molecular weight excluding hydrogens is 342 g/mol. The van der Waals surface area contributed by atoms with E-state index in [1.165, 1.54) is 25.7 Å². The fraction of sp³-hybridized carbons (Fsp3) is 0.714. The Morgan fingerprint density at radius 1 is 1.30 bits per heavy atom. The fourth-order valence-corrected chi connectivity index (χ4v) is 5.64. The molecule has 1 aliphatic carbocycles. The van der Waals surface area contributed by atoms with E-state index in [1.807, 2.05) is 19.2 Å². The molecule has 1 aromatic heterocycles. The van der Waals surface area contributed by atoms with Crippen LogP contribution in [-0.2, 0) is 15.1 Å². The van der Waals surface area contributed by atoms with Crippen LogP contribution in [0.15, 0.2) is 18.3 Å². The van der Waals surface area contributed by atoms with Crippen molar-refractivity contribution in [3.05, 3.63) is 29.6 Å². The lowest BCUT2D eigenvalue weighted by atomic mass is 9.62. The van der Waals surface area contributed by atoms with Crippen molar-refractivity contribution in [1.29, 1.82) is 0 Å². The number of ether oxygens (including phenoxy) is 2. The summed E-state index contributed by atoms with van der Waals surface area (Å²) in [7, 11) is 1.82. The average Bonchev–Trinajstić information content (AvgIpc) is 2.68. The Bertz CT molecular complexity index is 660. The smallest absolute Gasteiger partial charge is 0.267 e. The van der Waals surface area contributed by atoms with E-state index in [9.17, 15) is 4.79 Å². The summed E-state index contributed by atoms with van der Waals surface area (Å²) < 4.78 is 12.2. The van der Waals surface area contributed by atoms with E-state index >= 15 is 0 Å². The van der Waals surface area contributed by atoms with E-state index in [0.29, 0.717) is 23.6 Å². The highest BCUT2D eigenvalue weighted by atomic mass is 16.5. The minimum absolute atomic E-state index is 0.319. The lowest BCUT2D eigenvalue weighted by Crippen LogP contribution is -2.60. The molecule has 3 fully saturated rings. The first-order chi connectivity index (χ1) is 13.1. The van der Waals surface area contributed by atoms with Crippen molar-refractivity contribution in [3.63, 3.8) is 0 Å². The molecule has 1 amide bonds. The maximum absolute atomic E-state index is 11.6. The number of aromatic nitrogens is 1. The third kappa shape index (κ3) is 3.50. The molecule has 0 aromatic carbocycles. The van der Waals surface area contributed by atoms with Gasteiger partial charge in [-0.25, -0.2) is 0 Å². The van der Waals surface area contributed by atoms with Crippen LogP contribution >= 0.6 is 0 Å². The molecule has 148 valence electrons. The van der Waals surface area contributed by atoms with Crippen LogP contribution < -0.4 is 5.73 Å². The zero-order valence-electron chi connectivity index (χ0n) is 16.2. The van der Waals surface area contributed by atoms with E-state index < -0.39 is 5.91 Å². The van der Waals surface area contributed by atoms with Gasteiger partial charge < -0.3 is 15.2 Å². The second-order valence-electron chi connectivity index (χ2n) is 8.32. The minimum Gasteiger partial charge on any atom is -0.377 e. The molecule has 3 heterocycles. The van der Waals surface area contributed by atoms with Crippen LogP contribution in [0, 0.1) is 11.8 Å². The highest BCUT2D eigenvalue weighted by Crippen LogP contribution is 2.51. The maximum Gasteiger partial charge on any atom is 0.267 e. The zero-order chi connectivity index (χ0) is 18.9. The van der Waals surface area contributed by atoms with E-state index in [4.69, 9.17) is 15.2 Å². The SMILES string of the molecule is COC1(c2ccnc(C(N)=O)c2)C2CCCC1CN(C[C@H]1CCCCO1)C2. The molecule has 2 N–H and O–H groups in total. The summed E-state index contributed by atoms with van der Waals surface area (Å²) in [6, 6.07) is 3.85. The van der Waals surface area contributed by atoms with Crippen molar-refractivity contribution < 1.29 is 14.3 Å². The number of pyridine rings is 1. The largest absolute Gasteiger partial charge is 0.377 e. The Morgan fingerprint density at radius 3 is 2.70 bits per heavy atom. The van der Waals surface area contributed by atoms with E-state index in [2.05, 4.69) is 9.88 Å². The summed E-state index contributed by atoms with van der Waals surface area (Å²) in [6.07, 6.45) is 9.22. The summed E-state index contributed by atoms with van der Waals surface area (Å²) in [5.74, 6) is 0.323. The first-order valence-electron chi connectivity index (χ1n) is 10.3. The van der Waals surface area contributed by atoms with Gasteiger partial charge in [-0.3, -0.25) is 14.7 Å². The molecule has 2 saturated heterocycles. The molecule has 1 saturated carbocycles. The number of primary amides is 1. The Hall–Kier alpha value is -1.50. The fourth-order valence-electron chi connectivity index (χ4n) is 5.64. The molecule has 0 radical (unpaired) electrons. The van der Waals surface area contributed by atoms with Crippen LogP contribution in [0.3, 0.4) is 0 Å². The number of amides is 1. The lowest BCUT2D eigenvalue weighted by Gasteiger charge is -2.55. The van der Waals surface area contributed by atoms with Crippen molar-refractivity contribution in [2.75, 3.05) is 33.4 Å². The van der Waals surface area contributed by atoms with E-state index in [1.54, 1.807) is 6.20 Å². The van der Waals surface area contributed by atoms with Crippen LogP contribution in [0.1, 0.15) is 54.6 Å². The predicted octanol–water partition coefficient (Wildman–Crippen LogP) is 2.32. The van der Waals surface area contributed by atoms with Crippen molar-refractivity contribution in [3.8, 4) is 0 Å². The van der Waals surface area contributed by atoms with Gasteiger partial charge in [-0.1, -0.05) is 6.42 Å². The number of nitrogens with two attached hydrogens (primary N) is 1. The summed E-state index contributed by atoms with van der Waals surface area (Å²) in [5.41, 5.74) is 6.49. The van der Waals surface area contributed by atoms with Gasteiger partial charge in [-0.15, -0.1) is 0 Å². The highest BCUT2D eigenvalue weighted by Gasteiger charge is 2.53. The van der Waals surface area contributed by atoms with Gasteiger partial charge in [0, 0.05) is 51.4 Å². The summed E-state index contributed by atoms with van der Waals surface area (Å²) in [5, 5.41) is 0. The Labute approximate surface area is 161 Å². The number of carbonyl (C=O) groups is 1. The Kier molecular flexibility index (Phi) is 5.48. The van der Waals surface area contributed by atoms with Crippen molar-refractivity contribution in [2.45, 2.75) is 50.2 Å². The van der Waals surface area contributed by atoms with E-state index in [-0.39, 0.29) is 5.60 Å². The van der Waals surface area contributed by atoms with Crippen molar-refractivity contribution >= 4 is 5.91 Å². The van der Waals surface area contributed by atoms with Gasteiger partial charge in [0.05, 0.1) is 6.10 Å². The second-order valence-corrected chi connectivity index (χ2v) is 8.32. The third-order valence-electron chi connectivity index (χ3n) is 6.81. The third-order valence-corrected chi connectivity index (χ3v) is 6.81. The summed E-state index contributed by atoms with van der Waals surface area (Å²) in [4.78, 5) is 18.4. The van der Waals surface area contributed by atoms with Crippen LogP contribution in [0.5, 0.6) is 0 Å². The van der Waals surface area contributed by atoms with Crippen LogP contribution in [0.4, 0.5) is 0 Å². The summed E-state index contributed by atoms with van der Waals surface area (Å²) >= 11 is 0. The number of hydrogen-bond donors (Lipinski definition) is 1. The molecular formula is C21H31N3O3. The predicted molar refractivity (Wildman–Crippen MR) is 102 cm³/mol. The molecule has 2 aliphatic heterocycles. The van der Waals surface area contributed by atoms with Crippen LogP contribution in [-0.4, -0.2) is 55.2 Å². The normalized spacial score (nSPS) is 34.3. The number of likely N-dealkylation sites (tertiary alicyclic amines) is 1. The molecule has 2 unspecified atom stereocenters. The minimum atomic E-state index is -0.486. The number of carbonyl (C=O) groups excluding carboxylic acids is 1. The van der Waals surface area contributed by atoms with Gasteiger partial charge in [0.15, 0.2) is 0 Å². The highest BCUT2D eigenvalue weighted by molar-refractivity contribution is 5.90. The van der Waals surface area contributed by atoms with Crippen molar-refractivity contribution in [2.24, 2.45) is 17.6 Å². The lowest BCUT2D eigenvalue weighted by molar-refractivity contribution is -0.173.